The Morgan fingerprint density at radius 3 is 2.69 bits per heavy atom. The van der Waals surface area contributed by atoms with Crippen molar-refractivity contribution < 1.29 is 17.8 Å². The molecule has 0 bridgehead atoms. The van der Waals surface area contributed by atoms with Crippen LogP contribution >= 0.6 is 0 Å². The fraction of sp³-hybridized carbons (Fsp3) is 0.261. The van der Waals surface area contributed by atoms with Crippen LogP contribution in [-0.2, 0) is 21.3 Å². The van der Waals surface area contributed by atoms with Gasteiger partial charge in [0.2, 0.25) is 0 Å². The molecule has 32 heavy (non-hydrogen) atoms. The Balaban J connectivity index is 1.75. The van der Waals surface area contributed by atoms with Crippen LogP contribution in [-0.4, -0.2) is 31.1 Å². The normalized spacial score (nSPS) is 17.3. The van der Waals surface area contributed by atoms with Gasteiger partial charge in [-0.15, -0.1) is 0 Å². The van der Waals surface area contributed by atoms with Gasteiger partial charge in [-0.1, -0.05) is 6.07 Å². The monoisotopic (exact) mass is 450 g/mol. The van der Waals surface area contributed by atoms with Crippen LogP contribution in [0.3, 0.4) is 0 Å². The van der Waals surface area contributed by atoms with E-state index in [1.807, 2.05) is 12.1 Å². The van der Waals surface area contributed by atoms with Crippen LogP contribution in [0.1, 0.15) is 37.3 Å². The Morgan fingerprint density at radius 2 is 2.00 bits per heavy atom. The highest BCUT2D eigenvalue weighted by atomic mass is 32.2. The maximum atomic E-state index is 13.4. The molecule has 4 rings (SSSR count). The van der Waals surface area contributed by atoms with Crippen molar-refractivity contribution in [3.05, 3.63) is 59.2 Å². The van der Waals surface area contributed by atoms with Gasteiger partial charge in [-0.3, -0.25) is 9.35 Å². The lowest BCUT2D eigenvalue weighted by atomic mass is 9.90. The van der Waals surface area contributed by atoms with Crippen molar-refractivity contribution in [1.82, 2.24) is 0 Å². The van der Waals surface area contributed by atoms with Gasteiger partial charge in [-0.05, 0) is 79.3 Å². The molecule has 2 aromatic carbocycles. The molecule has 2 aliphatic heterocycles. The SMILES string of the molecule is CC1=NN(c2ccc(S(=O)(=O)O)cc2)C(=O)C1=C(CCC#N)c1ccc2c(c1)CCCN2. The van der Waals surface area contributed by atoms with Gasteiger partial charge in [0.25, 0.3) is 16.0 Å². The molecule has 2 heterocycles. The predicted octanol–water partition coefficient (Wildman–Crippen LogP) is 3.77. The van der Waals surface area contributed by atoms with Gasteiger partial charge < -0.3 is 5.32 Å². The summed E-state index contributed by atoms with van der Waals surface area (Å²) in [4.78, 5) is 13.1. The molecule has 0 unspecified atom stereocenters. The van der Waals surface area contributed by atoms with E-state index in [0.717, 1.165) is 36.2 Å². The standard InChI is InChI=1S/C23H22N4O4S/c1-15-22(23(28)27(26-15)18-7-9-19(10-8-18)32(29,30)31)20(5-2-12-24)16-6-11-21-17(14-16)4-3-13-25-21/h6-11,14,25H,2-5,13H2,1H3,(H,29,30,31). The number of anilines is 2. The molecule has 9 heteroatoms. The largest absolute Gasteiger partial charge is 0.385 e. The number of aryl methyl sites for hydroxylation is 1. The quantitative estimate of drug-likeness (QED) is 0.528. The first-order valence-electron chi connectivity index (χ1n) is 10.2. The minimum atomic E-state index is -4.33. The van der Waals surface area contributed by atoms with Crippen LogP contribution in [0, 0.1) is 11.3 Å². The van der Waals surface area contributed by atoms with Gasteiger partial charge in [0.15, 0.2) is 0 Å². The van der Waals surface area contributed by atoms with Gasteiger partial charge >= 0.3 is 0 Å². The Morgan fingerprint density at radius 1 is 1.25 bits per heavy atom. The first-order valence-corrected chi connectivity index (χ1v) is 11.7. The second kappa shape index (κ2) is 8.57. The Kier molecular flexibility index (Phi) is 5.82. The minimum Gasteiger partial charge on any atom is -0.385 e. The average molecular weight is 451 g/mol. The van der Waals surface area contributed by atoms with E-state index < -0.39 is 10.1 Å². The third kappa shape index (κ3) is 4.15. The number of carbonyl (C=O) groups is 1. The van der Waals surface area contributed by atoms with Gasteiger partial charge in [0, 0.05) is 18.7 Å². The van der Waals surface area contributed by atoms with Crippen LogP contribution in [0.5, 0.6) is 0 Å². The Hall–Kier alpha value is -3.48. The van der Waals surface area contributed by atoms with Crippen molar-refractivity contribution in [2.75, 3.05) is 16.9 Å². The molecular formula is C23H22N4O4S. The highest BCUT2D eigenvalue weighted by Gasteiger charge is 2.32. The van der Waals surface area contributed by atoms with E-state index in [9.17, 15) is 23.0 Å². The highest BCUT2D eigenvalue weighted by Crippen LogP contribution is 2.34. The zero-order valence-electron chi connectivity index (χ0n) is 17.5. The summed E-state index contributed by atoms with van der Waals surface area (Å²) in [7, 11) is -4.33. The molecule has 2 aliphatic rings. The van der Waals surface area contributed by atoms with Gasteiger partial charge in [-0.25, -0.2) is 0 Å². The second-order valence-corrected chi connectivity index (χ2v) is 9.11. The maximum Gasteiger partial charge on any atom is 0.294 e. The number of allylic oxidation sites excluding steroid dienone is 1. The van der Waals surface area contributed by atoms with Crippen LogP contribution in [0.25, 0.3) is 5.57 Å². The van der Waals surface area contributed by atoms with Crippen molar-refractivity contribution in [2.24, 2.45) is 5.10 Å². The number of hydrogen-bond donors (Lipinski definition) is 2. The third-order valence-electron chi connectivity index (χ3n) is 5.58. The topological polar surface area (TPSA) is 123 Å². The number of nitrogens with zero attached hydrogens (tertiary/aromatic N) is 3. The summed E-state index contributed by atoms with van der Waals surface area (Å²) in [5.41, 5.74) is 5.29. The number of nitriles is 1. The molecule has 0 spiro atoms. The lowest BCUT2D eigenvalue weighted by Gasteiger charge is -2.20. The lowest BCUT2D eigenvalue weighted by molar-refractivity contribution is -0.114. The second-order valence-electron chi connectivity index (χ2n) is 7.69. The molecule has 0 aromatic heterocycles. The van der Waals surface area contributed by atoms with E-state index in [4.69, 9.17) is 0 Å². The lowest BCUT2D eigenvalue weighted by Crippen LogP contribution is -2.22. The molecule has 8 nitrogen and oxygen atoms in total. The number of amides is 1. The summed E-state index contributed by atoms with van der Waals surface area (Å²) in [6.07, 6.45) is 2.65. The molecule has 1 amide bonds. The molecule has 0 saturated carbocycles. The number of hydrogen-bond acceptors (Lipinski definition) is 6. The van der Waals surface area contributed by atoms with Crippen molar-refractivity contribution in [3.63, 3.8) is 0 Å². The summed E-state index contributed by atoms with van der Waals surface area (Å²) < 4.78 is 31.8. The average Bonchev–Trinajstić information content (AvgIpc) is 3.07. The third-order valence-corrected chi connectivity index (χ3v) is 6.45. The van der Waals surface area contributed by atoms with Crippen LogP contribution in [0.4, 0.5) is 11.4 Å². The van der Waals surface area contributed by atoms with Gasteiger partial charge in [0.1, 0.15) is 0 Å². The predicted molar refractivity (Wildman–Crippen MR) is 122 cm³/mol. The number of carbonyl (C=O) groups excluding carboxylic acids is 1. The molecule has 0 radical (unpaired) electrons. The number of nitrogens with one attached hydrogen (secondary N) is 1. The van der Waals surface area contributed by atoms with E-state index in [0.29, 0.717) is 23.4 Å². The zero-order chi connectivity index (χ0) is 22.9. The molecule has 0 aliphatic carbocycles. The van der Waals surface area contributed by atoms with Crippen LogP contribution in [0.2, 0.25) is 0 Å². The first-order chi connectivity index (χ1) is 15.3. The van der Waals surface area contributed by atoms with Crippen molar-refractivity contribution >= 4 is 38.7 Å². The van der Waals surface area contributed by atoms with Crippen LogP contribution in [0.15, 0.2) is 58.0 Å². The Labute approximate surface area is 186 Å². The fourth-order valence-corrected chi connectivity index (χ4v) is 4.53. The smallest absolute Gasteiger partial charge is 0.294 e. The van der Waals surface area contributed by atoms with Gasteiger partial charge in [-0.2, -0.15) is 23.8 Å². The molecule has 0 fully saturated rings. The summed E-state index contributed by atoms with van der Waals surface area (Å²) in [5, 5.41) is 18.2. The number of hydrazone groups is 1. The van der Waals surface area contributed by atoms with E-state index in [1.165, 1.54) is 34.8 Å². The minimum absolute atomic E-state index is 0.262. The summed E-state index contributed by atoms with van der Waals surface area (Å²) in [6, 6.07) is 13.5. The number of benzene rings is 2. The highest BCUT2D eigenvalue weighted by molar-refractivity contribution is 7.85. The van der Waals surface area contributed by atoms with Crippen LogP contribution < -0.4 is 10.3 Å². The molecular weight excluding hydrogens is 428 g/mol. The van der Waals surface area contributed by atoms with Crippen molar-refractivity contribution in [1.29, 1.82) is 5.26 Å². The first kappa shape index (κ1) is 21.7. The molecule has 164 valence electrons. The molecule has 2 N–H and O–H groups in total. The van der Waals surface area contributed by atoms with E-state index >= 15 is 0 Å². The molecule has 0 atom stereocenters. The van der Waals surface area contributed by atoms with Gasteiger partial charge in [0.05, 0.1) is 27.9 Å². The summed E-state index contributed by atoms with van der Waals surface area (Å²) in [6.45, 7) is 2.68. The number of fused-ring (bicyclic) bond motifs is 1. The molecule has 2 aromatic rings. The van der Waals surface area contributed by atoms with Crippen molar-refractivity contribution in [2.45, 2.75) is 37.5 Å². The summed E-state index contributed by atoms with van der Waals surface area (Å²) >= 11 is 0. The van der Waals surface area contributed by atoms with E-state index in [1.54, 1.807) is 6.92 Å². The summed E-state index contributed by atoms with van der Waals surface area (Å²) in [5.74, 6) is -0.342. The zero-order valence-corrected chi connectivity index (χ0v) is 18.3. The van der Waals surface area contributed by atoms with E-state index in [2.05, 4.69) is 22.6 Å². The number of rotatable bonds is 5. The Bertz CT molecular complexity index is 1290. The van der Waals surface area contributed by atoms with E-state index in [-0.39, 0.29) is 17.2 Å². The van der Waals surface area contributed by atoms with Crippen molar-refractivity contribution in [3.8, 4) is 6.07 Å². The fourth-order valence-electron chi connectivity index (χ4n) is 4.05. The maximum absolute atomic E-state index is 13.4. The molecule has 0 saturated heterocycles.